The minimum atomic E-state index is -0.162. The molecule has 1 heterocycles. The number of hydrogen-bond acceptors (Lipinski definition) is 5. The Kier molecular flexibility index (Phi) is 3.73. The van der Waals surface area contributed by atoms with Crippen molar-refractivity contribution in [1.29, 1.82) is 0 Å². The molecule has 0 unspecified atom stereocenters. The molecule has 18 heavy (non-hydrogen) atoms. The normalized spacial score (nSPS) is 11.3. The van der Waals surface area contributed by atoms with Gasteiger partial charge in [-0.1, -0.05) is 17.3 Å². The molecule has 0 fully saturated rings. The molecule has 0 saturated carbocycles. The first-order valence-electron chi connectivity index (χ1n) is 4.93. The Morgan fingerprint density at radius 1 is 1.28 bits per heavy atom. The van der Waals surface area contributed by atoms with E-state index in [2.05, 4.69) is 31.1 Å². The van der Waals surface area contributed by atoms with Crippen molar-refractivity contribution >= 4 is 21.8 Å². The minimum Gasteiger partial charge on any atom is -0.436 e. The number of halogens is 1. The Morgan fingerprint density at radius 2 is 2.00 bits per heavy atom. The number of amidine groups is 1. The maximum Gasteiger partial charge on any atom is 0.249 e. The second-order valence-electron chi connectivity index (χ2n) is 3.23. The molecule has 0 aliphatic carbocycles. The topological polar surface area (TPSA) is 93.6 Å². The third-order valence-corrected chi connectivity index (χ3v) is 2.71. The molecule has 0 aliphatic heterocycles. The number of ether oxygens (including phenoxy) is 1. The Morgan fingerprint density at radius 3 is 2.72 bits per heavy atom. The summed E-state index contributed by atoms with van der Waals surface area (Å²) in [6.07, 6.45) is 2.89. The number of nitrogens with two attached hydrogens (primary N) is 1. The van der Waals surface area contributed by atoms with Crippen LogP contribution in [-0.4, -0.2) is 21.0 Å². The van der Waals surface area contributed by atoms with E-state index in [4.69, 9.17) is 15.7 Å². The third kappa shape index (κ3) is 2.57. The van der Waals surface area contributed by atoms with E-state index in [1.54, 1.807) is 6.07 Å². The summed E-state index contributed by atoms with van der Waals surface area (Å²) in [4.78, 5) is 7.96. The Balaban J connectivity index is 2.38. The summed E-state index contributed by atoms with van der Waals surface area (Å²) in [6, 6.07) is 7.27. The lowest BCUT2D eigenvalue weighted by atomic mass is 10.3. The van der Waals surface area contributed by atoms with E-state index < -0.39 is 0 Å². The fourth-order valence-electron chi connectivity index (χ4n) is 1.25. The second-order valence-corrected chi connectivity index (χ2v) is 4.08. The van der Waals surface area contributed by atoms with Crippen molar-refractivity contribution in [1.82, 2.24) is 9.97 Å². The van der Waals surface area contributed by atoms with Gasteiger partial charge in [0.1, 0.15) is 5.75 Å². The number of nitrogens with zero attached hydrogens (tertiary/aromatic N) is 3. The zero-order chi connectivity index (χ0) is 13.0. The van der Waals surface area contributed by atoms with Gasteiger partial charge in [-0.3, -0.25) is 0 Å². The fraction of sp³-hybridized carbons (Fsp3) is 0. The predicted octanol–water partition coefficient (Wildman–Crippen LogP) is 2.13. The van der Waals surface area contributed by atoms with Crippen LogP contribution in [0.1, 0.15) is 5.69 Å². The molecule has 0 bridgehead atoms. The van der Waals surface area contributed by atoms with Gasteiger partial charge in [-0.2, -0.15) is 0 Å². The lowest BCUT2D eigenvalue weighted by Gasteiger charge is -2.08. The molecule has 0 amide bonds. The quantitative estimate of drug-likeness (QED) is 0.392. The summed E-state index contributed by atoms with van der Waals surface area (Å²) in [6.45, 7) is 0. The SMILES string of the molecule is NC(=NO)c1nccnc1Oc1ccccc1Br. The molecule has 1 aromatic heterocycles. The van der Waals surface area contributed by atoms with Crippen molar-refractivity contribution in [3.63, 3.8) is 0 Å². The molecule has 92 valence electrons. The summed E-state index contributed by atoms with van der Waals surface area (Å²) in [5.41, 5.74) is 5.67. The number of oxime groups is 1. The van der Waals surface area contributed by atoms with Gasteiger partial charge in [-0.05, 0) is 28.1 Å². The van der Waals surface area contributed by atoms with Crippen LogP contribution >= 0.6 is 15.9 Å². The third-order valence-electron chi connectivity index (χ3n) is 2.06. The summed E-state index contributed by atoms with van der Waals surface area (Å²) in [5, 5.41) is 11.5. The van der Waals surface area contributed by atoms with Crippen molar-refractivity contribution in [3.05, 3.63) is 46.8 Å². The molecule has 0 spiro atoms. The van der Waals surface area contributed by atoms with Crippen molar-refractivity contribution in [2.24, 2.45) is 10.9 Å². The first-order valence-corrected chi connectivity index (χ1v) is 5.73. The largest absolute Gasteiger partial charge is 0.436 e. The first-order chi connectivity index (χ1) is 8.72. The number of aromatic nitrogens is 2. The van der Waals surface area contributed by atoms with Crippen molar-refractivity contribution < 1.29 is 9.94 Å². The average Bonchev–Trinajstić information content (AvgIpc) is 2.41. The average molecular weight is 309 g/mol. The van der Waals surface area contributed by atoms with Crippen LogP contribution in [0.3, 0.4) is 0 Å². The molecule has 0 saturated heterocycles. The van der Waals surface area contributed by atoms with E-state index in [0.717, 1.165) is 4.47 Å². The van der Waals surface area contributed by atoms with Crippen LogP contribution in [0, 0.1) is 0 Å². The van der Waals surface area contributed by atoms with Crippen LogP contribution in [0.2, 0.25) is 0 Å². The first kappa shape index (κ1) is 12.3. The van der Waals surface area contributed by atoms with Crippen LogP contribution in [0.5, 0.6) is 11.6 Å². The van der Waals surface area contributed by atoms with Gasteiger partial charge < -0.3 is 15.7 Å². The van der Waals surface area contributed by atoms with E-state index >= 15 is 0 Å². The lowest BCUT2D eigenvalue weighted by molar-refractivity contribution is 0.318. The zero-order valence-electron chi connectivity index (χ0n) is 9.12. The molecule has 6 nitrogen and oxygen atoms in total. The van der Waals surface area contributed by atoms with Crippen molar-refractivity contribution in [2.45, 2.75) is 0 Å². The Labute approximate surface area is 111 Å². The molecule has 1 aromatic carbocycles. The summed E-state index contributed by atoms with van der Waals surface area (Å²) < 4.78 is 6.34. The van der Waals surface area contributed by atoms with E-state index in [1.165, 1.54) is 12.4 Å². The standard InChI is InChI=1S/C11H9BrN4O2/c12-7-3-1-2-4-8(7)18-11-9(10(13)16-17)14-5-6-15-11/h1-6,17H,(H2,13,16). The molecule has 3 N–H and O–H groups in total. The summed E-state index contributed by atoms with van der Waals surface area (Å²) in [7, 11) is 0. The van der Waals surface area contributed by atoms with Gasteiger partial charge in [-0.15, -0.1) is 0 Å². The summed E-state index contributed by atoms with van der Waals surface area (Å²) >= 11 is 3.35. The van der Waals surface area contributed by atoms with Gasteiger partial charge in [0.05, 0.1) is 4.47 Å². The Bertz CT molecular complexity index is 589. The van der Waals surface area contributed by atoms with E-state index in [9.17, 15) is 0 Å². The Hall–Kier alpha value is -2.15. The molecular weight excluding hydrogens is 300 g/mol. The lowest BCUT2D eigenvalue weighted by Crippen LogP contribution is -2.16. The molecular formula is C11H9BrN4O2. The van der Waals surface area contributed by atoms with Gasteiger partial charge in [0.15, 0.2) is 11.5 Å². The van der Waals surface area contributed by atoms with E-state index in [-0.39, 0.29) is 17.4 Å². The highest BCUT2D eigenvalue weighted by Crippen LogP contribution is 2.29. The van der Waals surface area contributed by atoms with Gasteiger partial charge >= 0.3 is 0 Å². The molecule has 0 radical (unpaired) electrons. The molecule has 0 aliphatic rings. The van der Waals surface area contributed by atoms with Gasteiger partial charge in [0.25, 0.3) is 0 Å². The maximum atomic E-state index is 8.66. The van der Waals surface area contributed by atoms with Gasteiger partial charge in [0.2, 0.25) is 5.88 Å². The predicted molar refractivity (Wildman–Crippen MR) is 68.8 cm³/mol. The zero-order valence-corrected chi connectivity index (χ0v) is 10.7. The molecule has 2 aromatic rings. The van der Waals surface area contributed by atoms with Gasteiger partial charge in [-0.25, -0.2) is 9.97 Å². The van der Waals surface area contributed by atoms with Crippen LogP contribution in [0.15, 0.2) is 46.3 Å². The van der Waals surface area contributed by atoms with Crippen molar-refractivity contribution in [2.75, 3.05) is 0 Å². The summed E-state index contributed by atoms with van der Waals surface area (Å²) in [5.74, 6) is 0.565. The van der Waals surface area contributed by atoms with Crippen LogP contribution in [-0.2, 0) is 0 Å². The second kappa shape index (κ2) is 5.46. The molecule has 7 heteroatoms. The number of para-hydroxylation sites is 1. The van der Waals surface area contributed by atoms with Crippen LogP contribution in [0.4, 0.5) is 0 Å². The van der Waals surface area contributed by atoms with Gasteiger partial charge in [0, 0.05) is 12.4 Å². The molecule has 2 rings (SSSR count). The highest BCUT2D eigenvalue weighted by atomic mass is 79.9. The monoisotopic (exact) mass is 308 g/mol. The highest BCUT2D eigenvalue weighted by molar-refractivity contribution is 9.10. The molecule has 0 atom stereocenters. The van der Waals surface area contributed by atoms with Crippen LogP contribution < -0.4 is 10.5 Å². The minimum absolute atomic E-state index is 0.162. The van der Waals surface area contributed by atoms with Crippen molar-refractivity contribution in [3.8, 4) is 11.6 Å². The number of rotatable bonds is 3. The number of hydrogen-bond donors (Lipinski definition) is 2. The van der Waals surface area contributed by atoms with E-state index in [0.29, 0.717) is 5.75 Å². The smallest absolute Gasteiger partial charge is 0.249 e. The number of benzene rings is 1. The van der Waals surface area contributed by atoms with Crippen LogP contribution in [0.25, 0.3) is 0 Å². The fourth-order valence-corrected chi connectivity index (χ4v) is 1.62. The highest BCUT2D eigenvalue weighted by Gasteiger charge is 2.13. The van der Waals surface area contributed by atoms with E-state index in [1.807, 2.05) is 18.2 Å². The maximum absolute atomic E-state index is 8.66.